The van der Waals surface area contributed by atoms with E-state index in [1.54, 1.807) is 0 Å². The highest BCUT2D eigenvalue weighted by molar-refractivity contribution is 5.88. The summed E-state index contributed by atoms with van der Waals surface area (Å²) in [5, 5.41) is 0. The van der Waals surface area contributed by atoms with E-state index >= 15 is 0 Å². The van der Waals surface area contributed by atoms with Crippen molar-refractivity contribution in [1.82, 2.24) is 0 Å². The van der Waals surface area contributed by atoms with Crippen molar-refractivity contribution in [3.05, 3.63) is 24.3 Å². The van der Waals surface area contributed by atoms with Gasteiger partial charge >= 0.3 is 5.97 Å². The van der Waals surface area contributed by atoms with Gasteiger partial charge in [-0.15, -0.1) is 0 Å². The molecule has 2 aliphatic rings. The van der Waals surface area contributed by atoms with E-state index in [-0.39, 0.29) is 23.7 Å². The first kappa shape index (κ1) is 22.6. The van der Waals surface area contributed by atoms with E-state index in [1.807, 2.05) is 0 Å². The van der Waals surface area contributed by atoms with Gasteiger partial charge in [0.15, 0.2) is 0 Å². The fourth-order valence-electron chi connectivity index (χ4n) is 4.82. The van der Waals surface area contributed by atoms with Gasteiger partial charge in [0.1, 0.15) is 11.6 Å². The van der Waals surface area contributed by atoms with Crippen LogP contribution < -0.4 is 0 Å². The lowest BCUT2D eigenvalue weighted by atomic mass is 9.69. The molecular formula is C24H36O4. The number of esters is 1. The Bertz CT molecular complexity index is 589. The minimum atomic E-state index is -0.178. The second-order valence-corrected chi connectivity index (χ2v) is 8.32. The quantitative estimate of drug-likeness (QED) is 0.277. The molecule has 0 saturated heterocycles. The van der Waals surface area contributed by atoms with Gasteiger partial charge in [-0.3, -0.25) is 14.4 Å². The van der Waals surface area contributed by atoms with Crippen LogP contribution in [0.2, 0.25) is 0 Å². The molecule has 2 rings (SSSR count). The van der Waals surface area contributed by atoms with Gasteiger partial charge in [0, 0.05) is 31.6 Å². The summed E-state index contributed by atoms with van der Waals surface area (Å²) < 4.78 is 4.64. The van der Waals surface area contributed by atoms with Gasteiger partial charge in [-0.2, -0.15) is 0 Å². The van der Waals surface area contributed by atoms with Gasteiger partial charge in [0.05, 0.1) is 7.11 Å². The molecule has 0 bridgehead atoms. The summed E-state index contributed by atoms with van der Waals surface area (Å²) >= 11 is 0. The van der Waals surface area contributed by atoms with Crippen molar-refractivity contribution in [2.45, 2.75) is 77.6 Å². The Labute approximate surface area is 169 Å². The minimum Gasteiger partial charge on any atom is -0.469 e. The number of methoxy groups -OCH3 is 1. The Morgan fingerprint density at radius 2 is 1.82 bits per heavy atom. The smallest absolute Gasteiger partial charge is 0.305 e. The van der Waals surface area contributed by atoms with Gasteiger partial charge in [-0.25, -0.2) is 0 Å². The van der Waals surface area contributed by atoms with Crippen LogP contribution in [0.15, 0.2) is 24.3 Å². The van der Waals surface area contributed by atoms with Crippen LogP contribution in [0, 0.1) is 23.7 Å². The topological polar surface area (TPSA) is 60.4 Å². The molecular weight excluding hydrogens is 352 g/mol. The van der Waals surface area contributed by atoms with Crippen LogP contribution in [0.1, 0.15) is 77.6 Å². The highest BCUT2D eigenvalue weighted by Gasteiger charge is 2.48. The third-order valence-corrected chi connectivity index (χ3v) is 6.23. The third-order valence-electron chi connectivity index (χ3n) is 6.23. The van der Waals surface area contributed by atoms with Crippen LogP contribution in [-0.2, 0) is 19.1 Å². The van der Waals surface area contributed by atoms with Crippen molar-refractivity contribution >= 4 is 17.5 Å². The summed E-state index contributed by atoms with van der Waals surface area (Å²) in [5.74, 6) is 1.27. The van der Waals surface area contributed by atoms with E-state index in [4.69, 9.17) is 0 Å². The zero-order chi connectivity index (χ0) is 20.4. The molecule has 0 aromatic heterocycles. The molecule has 0 heterocycles. The number of unbranched alkanes of at least 4 members (excludes halogenated alkanes) is 4. The standard InChI is InChI=1S/C24H36O4/c1-3-4-5-6-9-12-18-15-20(25)16-19-17-22(26)21(24(18)19)13-10-7-8-11-14-23(27)28-2/h7,9-10,12,18-19,21,24H,3-6,8,11,13-17H2,1-2H3/b10-7+,12-9-/t18-,19-,21+,24?/m1/s1. The molecule has 0 N–H and O–H groups in total. The fourth-order valence-corrected chi connectivity index (χ4v) is 4.82. The Morgan fingerprint density at radius 1 is 1.04 bits per heavy atom. The first-order chi connectivity index (χ1) is 13.6. The maximum atomic E-state index is 12.6. The molecule has 0 spiro atoms. The number of fused-ring (bicyclic) bond motifs is 1. The molecule has 4 atom stereocenters. The number of ether oxygens (including phenoxy) is 1. The van der Waals surface area contributed by atoms with Crippen LogP contribution >= 0.6 is 0 Å². The first-order valence-electron chi connectivity index (χ1n) is 11.0. The number of rotatable bonds is 11. The van der Waals surface area contributed by atoms with Crippen LogP contribution in [0.5, 0.6) is 0 Å². The van der Waals surface area contributed by atoms with Gasteiger partial charge in [0.2, 0.25) is 0 Å². The van der Waals surface area contributed by atoms with E-state index in [0.717, 1.165) is 25.7 Å². The van der Waals surface area contributed by atoms with E-state index < -0.39 is 0 Å². The van der Waals surface area contributed by atoms with Crippen LogP contribution in [0.3, 0.4) is 0 Å². The Morgan fingerprint density at radius 3 is 2.57 bits per heavy atom. The molecule has 156 valence electrons. The fraction of sp³-hybridized carbons (Fsp3) is 0.708. The van der Waals surface area contributed by atoms with Crippen molar-refractivity contribution in [2.75, 3.05) is 7.11 Å². The normalized spacial score (nSPS) is 27.6. The molecule has 4 nitrogen and oxygen atoms in total. The zero-order valence-corrected chi connectivity index (χ0v) is 17.5. The van der Waals surface area contributed by atoms with Crippen LogP contribution in [0.25, 0.3) is 0 Å². The van der Waals surface area contributed by atoms with E-state index in [0.29, 0.717) is 43.2 Å². The monoisotopic (exact) mass is 388 g/mol. The highest BCUT2D eigenvalue weighted by Crippen LogP contribution is 2.48. The molecule has 0 aliphatic heterocycles. The largest absolute Gasteiger partial charge is 0.469 e. The summed E-state index contributed by atoms with van der Waals surface area (Å²) in [5.41, 5.74) is 0. The molecule has 2 aliphatic carbocycles. The molecule has 28 heavy (non-hydrogen) atoms. The van der Waals surface area contributed by atoms with E-state index in [1.165, 1.54) is 26.4 Å². The minimum absolute atomic E-state index is 0.0419. The lowest BCUT2D eigenvalue weighted by Crippen LogP contribution is -2.32. The van der Waals surface area contributed by atoms with Crippen molar-refractivity contribution < 1.29 is 19.1 Å². The molecule has 0 aromatic carbocycles. The van der Waals surface area contributed by atoms with Gasteiger partial charge in [0.25, 0.3) is 0 Å². The summed E-state index contributed by atoms with van der Waals surface area (Å²) in [6.45, 7) is 2.20. The number of carbonyl (C=O) groups is 3. The zero-order valence-electron chi connectivity index (χ0n) is 17.5. The Kier molecular flexibility index (Phi) is 9.66. The third kappa shape index (κ3) is 6.72. The van der Waals surface area contributed by atoms with Crippen LogP contribution in [-0.4, -0.2) is 24.6 Å². The number of carbonyl (C=O) groups excluding carboxylic acids is 3. The molecule has 4 heteroatoms. The SMILES string of the molecule is CCCCC/C=C\[C@@H]1CC(=O)C[C@@H]2CC(=O)[C@H](C/C=C/CCCC(=O)OC)C21. The second kappa shape index (κ2) is 12.0. The molecule has 0 radical (unpaired) electrons. The average molecular weight is 389 g/mol. The summed E-state index contributed by atoms with van der Waals surface area (Å²) in [4.78, 5) is 35.9. The lowest BCUT2D eigenvalue weighted by molar-refractivity contribution is -0.140. The highest BCUT2D eigenvalue weighted by atomic mass is 16.5. The molecule has 1 unspecified atom stereocenters. The number of ketones is 2. The van der Waals surface area contributed by atoms with Crippen molar-refractivity contribution in [2.24, 2.45) is 23.7 Å². The number of hydrogen-bond acceptors (Lipinski definition) is 4. The molecule has 2 fully saturated rings. The van der Waals surface area contributed by atoms with Crippen LogP contribution in [0.4, 0.5) is 0 Å². The maximum absolute atomic E-state index is 12.6. The Balaban J connectivity index is 1.90. The predicted molar refractivity (Wildman–Crippen MR) is 111 cm³/mol. The number of allylic oxidation sites excluding steroid dienone is 4. The molecule has 0 amide bonds. The van der Waals surface area contributed by atoms with E-state index in [9.17, 15) is 14.4 Å². The van der Waals surface area contributed by atoms with Gasteiger partial charge in [-0.1, -0.05) is 44.1 Å². The maximum Gasteiger partial charge on any atom is 0.305 e. The summed E-state index contributed by atoms with van der Waals surface area (Å²) in [6, 6.07) is 0. The summed E-state index contributed by atoms with van der Waals surface area (Å²) in [7, 11) is 1.41. The van der Waals surface area contributed by atoms with Crippen molar-refractivity contribution in [1.29, 1.82) is 0 Å². The first-order valence-corrected chi connectivity index (χ1v) is 11.0. The lowest BCUT2D eigenvalue weighted by Gasteiger charge is -2.34. The van der Waals surface area contributed by atoms with E-state index in [2.05, 4.69) is 36.0 Å². The van der Waals surface area contributed by atoms with Crippen molar-refractivity contribution in [3.8, 4) is 0 Å². The second-order valence-electron chi connectivity index (χ2n) is 8.32. The Hall–Kier alpha value is -1.71. The summed E-state index contributed by atoms with van der Waals surface area (Å²) in [6.07, 6.45) is 17.9. The average Bonchev–Trinajstić information content (AvgIpc) is 2.98. The number of Topliss-reactive ketones (excluding diaryl/α,β-unsaturated/α-hetero) is 2. The van der Waals surface area contributed by atoms with Crippen molar-refractivity contribution in [3.63, 3.8) is 0 Å². The van der Waals surface area contributed by atoms with Gasteiger partial charge < -0.3 is 4.74 Å². The predicted octanol–water partition coefficient (Wildman–Crippen LogP) is 5.21. The number of hydrogen-bond donors (Lipinski definition) is 0. The molecule has 0 aromatic rings. The van der Waals surface area contributed by atoms with Gasteiger partial charge in [-0.05, 0) is 49.9 Å². The molecule has 2 saturated carbocycles.